The maximum absolute atomic E-state index is 11.5. The van der Waals surface area contributed by atoms with Crippen molar-refractivity contribution in [2.24, 2.45) is 17.8 Å². The number of ketones is 1. The van der Waals surface area contributed by atoms with Crippen LogP contribution >= 0.6 is 0 Å². The van der Waals surface area contributed by atoms with Crippen LogP contribution in [0, 0.1) is 17.8 Å². The van der Waals surface area contributed by atoms with Crippen LogP contribution in [0.1, 0.15) is 27.2 Å². The molecule has 4 nitrogen and oxygen atoms in total. The van der Waals surface area contributed by atoms with Crippen LogP contribution in [0.25, 0.3) is 0 Å². The van der Waals surface area contributed by atoms with Crippen molar-refractivity contribution in [1.82, 2.24) is 5.32 Å². The summed E-state index contributed by atoms with van der Waals surface area (Å²) in [5.74, 6) is -2.10. The molecule has 1 saturated heterocycles. The van der Waals surface area contributed by atoms with E-state index < -0.39 is 17.7 Å². The summed E-state index contributed by atoms with van der Waals surface area (Å²) in [6.45, 7) is 5.40. The molecule has 1 heterocycles. The van der Waals surface area contributed by atoms with Gasteiger partial charge in [0, 0.05) is 6.42 Å². The molecule has 1 aliphatic heterocycles. The molecule has 1 N–H and O–H groups in total. The summed E-state index contributed by atoms with van der Waals surface area (Å²) < 4.78 is 0. The fourth-order valence-electron chi connectivity index (χ4n) is 1.85. The minimum atomic E-state index is -0.757. The van der Waals surface area contributed by atoms with Crippen molar-refractivity contribution in [1.29, 1.82) is 0 Å². The molecule has 1 unspecified atom stereocenters. The number of Topliss-reactive ketones (excluding diaryl/α,β-unsaturated/α-hetero) is 1. The number of carbonyl (C=O) groups excluding carboxylic acids is 3. The minimum absolute atomic E-state index is 0.0157. The van der Waals surface area contributed by atoms with Crippen LogP contribution in [-0.4, -0.2) is 17.6 Å². The third kappa shape index (κ3) is 1.69. The summed E-state index contributed by atoms with van der Waals surface area (Å²) >= 11 is 0. The highest BCUT2D eigenvalue weighted by molar-refractivity contribution is 6.15. The van der Waals surface area contributed by atoms with Crippen molar-refractivity contribution >= 4 is 17.6 Å². The Balaban J connectivity index is 2.95. The summed E-state index contributed by atoms with van der Waals surface area (Å²) in [5.41, 5.74) is 0. The maximum Gasteiger partial charge on any atom is 0.237 e. The largest absolute Gasteiger partial charge is 0.299 e. The second kappa shape index (κ2) is 3.90. The molecule has 2 amide bonds. The van der Waals surface area contributed by atoms with Crippen LogP contribution in [0.4, 0.5) is 0 Å². The van der Waals surface area contributed by atoms with Gasteiger partial charge in [-0.2, -0.15) is 0 Å². The fourth-order valence-corrected chi connectivity index (χ4v) is 1.85. The first-order valence-corrected chi connectivity index (χ1v) is 4.86. The Morgan fingerprint density at radius 1 is 1.36 bits per heavy atom. The van der Waals surface area contributed by atoms with Crippen molar-refractivity contribution in [3.8, 4) is 0 Å². The molecular formula is C10H15NO3. The molecule has 78 valence electrons. The number of rotatable bonds is 3. The Kier molecular flexibility index (Phi) is 3.03. The van der Waals surface area contributed by atoms with Crippen LogP contribution in [0.5, 0.6) is 0 Å². The topological polar surface area (TPSA) is 63.2 Å². The molecule has 0 spiro atoms. The number of nitrogens with one attached hydrogen (secondary N) is 1. The lowest BCUT2D eigenvalue weighted by Crippen LogP contribution is -2.29. The Morgan fingerprint density at radius 2 is 1.93 bits per heavy atom. The smallest absolute Gasteiger partial charge is 0.237 e. The van der Waals surface area contributed by atoms with Crippen molar-refractivity contribution in [3.63, 3.8) is 0 Å². The van der Waals surface area contributed by atoms with Gasteiger partial charge in [-0.25, -0.2) is 0 Å². The average Bonchev–Trinajstić information content (AvgIpc) is 2.39. The zero-order valence-corrected chi connectivity index (χ0v) is 8.66. The van der Waals surface area contributed by atoms with E-state index in [0.717, 1.165) is 0 Å². The van der Waals surface area contributed by atoms with Gasteiger partial charge >= 0.3 is 0 Å². The van der Waals surface area contributed by atoms with Crippen molar-refractivity contribution < 1.29 is 14.4 Å². The first kappa shape index (κ1) is 10.9. The molecule has 0 saturated carbocycles. The summed E-state index contributed by atoms with van der Waals surface area (Å²) in [7, 11) is 0. The number of hydrogen-bond acceptors (Lipinski definition) is 3. The Labute approximate surface area is 83.1 Å². The van der Waals surface area contributed by atoms with E-state index in [0.29, 0.717) is 6.42 Å². The highest BCUT2D eigenvalue weighted by atomic mass is 16.2. The van der Waals surface area contributed by atoms with Crippen molar-refractivity contribution in [3.05, 3.63) is 0 Å². The Morgan fingerprint density at radius 3 is 2.36 bits per heavy atom. The van der Waals surface area contributed by atoms with Gasteiger partial charge in [0.25, 0.3) is 0 Å². The maximum atomic E-state index is 11.5. The molecule has 4 heteroatoms. The molecule has 14 heavy (non-hydrogen) atoms. The highest BCUT2D eigenvalue weighted by Gasteiger charge is 2.46. The van der Waals surface area contributed by atoms with Gasteiger partial charge in [0.15, 0.2) is 0 Å². The second-order valence-electron chi connectivity index (χ2n) is 3.92. The molecule has 1 aliphatic rings. The summed E-state index contributed by atoms with van der Waals surface area (Å²) in [5, 5.41) is 2.21. The predicted octanol–water partition coefficient (Wildman–Crippen LogP) is 0.510. The average molecular weight is 197 g/mol. The lowest BCUT2D eigenvalue weighted by atomic mass is 9.82. The van der Waals surface area contributed by atoms with E-state index in [9.17, 15) is 14.4 Å². The van der Waals surface area contributed by atoms with E-state index in [2.05, 4.69) is 5.32 Å². The van der Waals surface area contributed by atoms with Crippen LogP contribution in [0.2, 0.25) is 0 Å². The van der Waals surface area contributed by atoms with E-state index in [1.54, 1.807) is 6.92 Å². The summed E-state index contributed by atoms with van der Waals surface area (Å²) in [4.78, 5) is 34.2. The van der Waals surface area contributed by atoms with E-state index in [1.807, 2.05) is 13.8 Å². The molecular weight excluding hydrogens is 182 g/mol. The number of amides is 2. The fraction of sp³-hybridized carbons (Fsp3) is 0.700. The molecule has 0 radical (unpaired) electrons. The first-order valence-electron chi connectivity index (χ1n) is 4.86. The lowest BCUT2D eigenvalue weighted by molar-refractivity contribution is -0.133. The van der Waals surface area contributed by atoms with E-state index in [4.69, 9.17) is 0 Å². The van der Waals surface area contributed by atoms with Crippen LogP contribution in [0.3, 0.4) is 0 Å². The minimum Gasteiger partial charge on any atom is -0.299 e. The number of carbonyl (C=O) groups is 3. The quantitative estimate of drug-likeness (QED) is 0.529. The monoisotopic (exact) mass is 197 g/mol. The number of imide groups is 1. The van der Waals surface area contributed by atoms with Gasteiger partial charge in [0.05, 0.1) is 5.92 Å². The Bertz CT molecular complexity index is 283. The SMILES string of the molecule is CCC(=O)C1C(=O)NC(=O)[C@H]1C(C)C. The van der Waals surface area contributed by atoms with Gasteiger partial charge < -0.3 is 0 Å². The van der Waals surface area contributed by atoms with Crippen molar-refractivity contribution in [2.45, 2.75) is 27.2 Å². The van der Waals surface area contributed by atoms with Gasteiger partial charge in [0.1, 0.15) is 11.7 Å². The van der Waals surface area contributed by atoms with Gasteiger partial charge in [-0.3, -0.25) is 19.7 Å². The summed E-state index contributed by atoms with van der Waals surface area (Å²) in [6, 6.07) is 0. The third-order valence-electron chi connectivity index (χ3n) is 2.60. The Hall–Kier alpha value is -1.19. The number of hydrogen-bond donors (Lipinski definition) is 1. The normalized spacial score (nSPS) is 26.9. The highest BCUT2D eigenvalue weighted by Crippen LogP contribution is 2.28. The molecule has 0 aliphatic carbocycles. The van der Waals surface area contributed by atoms with Gasteiger partial charge in [-0.1, -0.05) is 20.8 Å². The van der Waals surface area contributed by atoms with Crippen LogP contribution in [0.15, 0.2) is 0 Å². The zero-order chi connectivity index (χ0) is 10.9. The molecule has 0 bridgehead atoms. The first-order chi connectivity index (χ1) is 6.49. The molecule has 1 rings (SSSR count). The van der Waals surface area contributed by atoms with E-state index in [1.165, 1.54) is 0 Å². The van der Waals surface area contributed by atoms with E-state index in [-0.39, 0.29) is 17.6 Å². The van der Waals surface area contributed by atoms with Gasteiger partial charge in [-0.05, 0) is 5.92 Å². The van der Waals surface area contributed by atoms with Gasteiger partial charge in [-0.15, -0.1) is 0 Å². The second-order valence-corrected chi connectivity index (χ2v) is 3.92. The van der Waals surface area contributed by atoms with Crippen LogP contribution < -0.4 is 5.32 Å². The molecule has 1 fully saturated rings. The standard InChI is InChI=1S/C10H15NO3/c1-4-6(12)8-7(5(2)3)9(13)11-10(8)14/h5,7-8H,4H2,1-3H3,(H,11,13,14)/t7-,8?/m0/s1. The van der Waals surface area contributed by atoms with Gasteiger partial charge in [0.2, 0.25) is 11.8 Å². The predicted molar refractivity (Wildman–Crippen MR) is 50.3 cm³/mol. The third-order valence-corrected chi connectivity index (χ3v) is 2.60. The zero-order valence-electron chi connectivity index (χ0n) is 8.66. The molecule has 0 aromatic rings. The van der Waals surface area contributed by atoms with E-state index >= 15 is 0 Å². The lowest BCUT2D eigenvalue weighted by Gasteiger charge is -2.16. The van der Waals surface area contributed by atoms with Crippen LogP contribution in [-0.2, 0) is 14.4 Å². The molecule has 0 aromatic heterocycles. The molecule has 2 atom stereocenters. The molecule has 0 aromatic carbocycles. The summed E-state index contributed by atoms with van der Waals surface area (Å²) in [6.07, 6.45) is 0.300. The van der Waals surface area contributed by atoms with Crippen molar-refractivity contribution in [2.75, 3.05) is 0 Å².